The van der Waals surface area contributed by atoms with E-state index in [9.17, 15) is 4.79 Å². The molecule has 2 saturated carbocycles. The lowest BCUT2D eigenvalue weighted by molar-refractivity contribution is -0.127. The van der Waals surface area contributed by atoms with Gasteiger partial charge < -0.3 is 15.8 Å². The summed E-state index contributed by atoms with van der Waals surface area (Å²) in [5.41, 5.74) is 7.50. The standard InChI is InChI=1S/C20H27ClN2O2/c21-16-5-3-15(4-6-16)20(7-9-25-10-8-20)12-23-19(24)17-13-1-2-14(11-13)18(17)22/h3-6,13-14,17-18H,1-2,7-12,22H2,(H,23,24). The van der Waals surface area contributed by atoms with Gasteiger partial charge in [0.25, 0.3) is 0 Å². The highest BCUT2D eigenvalue weighted by atomic mass is 35.5. The second kappa shape index (κ2) is 6.90. The van der Waals surface area contributed by atoms with Gasteiger partial charge in [0.15, 0.2) is 0 Å². The molecule has 5 heteroatoms. The van der Waals surface area contributed by atoms with Crippen LogP contribution >= 0.6 is 11.6 Å². The molecule has 4 nitrogen and oxygen atoms in total. The third-order valence-corrected chi connectivity index (χ3v) is 7.04. The normalized spacial score (nSPS) is 33.4. The van der Waals surface area contributed by atoms with Crippen LogP contribution in [0.4, 0.5) is 0 Å². The van der Waals surface area contributed by atoms with E-state index < -0.39 is 0 Å². The third-order valence-electron chi connectivity index (χ3n) is 6.79. The van der Waals surface area contributed by atoms with Gasteiger partial charge >= 0.3 is 0 Å². The summed E-state index contributed by atoms with van der Waals surface area (Å²) < 4.78 is 5.58. The average Bonchev–Trinajstić information content (AvgIpc) is 3.22. The number of halogens is 1. The maximum atomic E-state index is 12.9. The summed E-state index contributed by atoms with van der Waals surface area (Å²) in [4.78, 5) is 12.9. The van der Waals surface area contributed by atoms with E-state index in [1.165, 1.54) is 12.0 Å². The highest BCUT2D eigenvalue weighted by Crippen LogP contribution is 2.47. The largest absolute Gasteiger partial charge is 0.381 e. The molecule has 0 aromatic heterocycles. The number of nitrogens with two attached hydrogens (primary N) is 1. The molecule has 3 aliphatic rings. The topological polar surface area (TPSA) is 64.4 Å². The van der Waals surface area contributed by atoms with Crippen molar-refractivity contribution in [3.8, 4) is 0 Å². The molecule has 136 valence electrons. The van der Waals surface area contributed by atoms with Crippen LogP contribution < -0.4 is 11.1 Å². The smallest absolute Gasteiger partial charge is 0.224 e. The predicted octanol–water partition coefficient (Wildman–Crippen LogP) is 2.88. The minimum Gasteiger partial charge on any atom is -0.381 e. The van der Waals surface area contributed by atoms with E-state index in [1.807, 2.05) is 12.1 Å². The first-order valence-electron chi connectivity index (χ1n) is 9.46. The summed E-state index contributed by atoms with van der Waals surface area (Å²) in [6, 6.07) is 8.08. The lowest BCUT2D eigenvalue weighted by Crippen LogP contribution is -2.50. The molecule has 1 amide bonds. The van der Waals surface area contributed by atoms with Gasteiger partial charge in [-0.05, 0) is 61.6 Å². The number of amides is 1. The van der Waals surface area contributed by atoms with Gasteiger partial charge in [-0.15, -0.1) is 0 Å². The van der Waals surface area contributed by atoms with Crippen molar-refractivity contribution in [1.29, 1.82) is 0 Å². The van der Waals surface area contributed by atoms with Crippen molar-refractivity contribution < 1.29 is 9.53 Å². The number of carbonyl (C=O) groups excluding carboxylic acids is 1. The Morgan fingerprint density at radius 3 is 2.52 bits per heavy atom. The second-order valence-electron chi connectivity index (χ2n) is 8.05. The van der Waals surface area contributed by atoms with Gasteiger partial charge in [-0.1, -0.05) is 23.7 Å². The van der Waals surface area contributed by atoms with E-state index in [2.05, 4.69) is 17.4 Å². The fourth-order valence-electron chi connectivity index (χ4n) is 5.23. The first kappa shape index (κ1) is 17.3. The minimum atomic E-state index is -0.0692. The summed E-state index contributed by atoms with van der Waals surface area (Å²) in [7, 11) is 0. The summed E-state index contributed by atoms with van der Waals surface area (Å²) >= 11 is 6.05. The van der Waals surface area contributed by atoms with Crippen molar-refractivity contribution in [2.45, 2.75) is 43.6 Å². The maximum Gasteiger partial charge on any atom is 0.224 e. The fraction of sp³-hybridized carbons (Fsp3) is 0.650. The Labute approximate surface area is 154 Å². The summed E-state index contributed by atoms with van der Waals surface area (Å²) in [6.45, 7) is 2.11. The van der Waals surface area contributed by atoms with Crippen LogP contribution in [0.3, 0.4) is 0 Å². The highest BCUT2D eigenvalue weighted by molar-refractivity contribution is 6.30. The Morgan fingerprint density at radius 1 is 1.20 bits per heavy atom. The van der Waals surface area contributed by atoms with Crippen LogP contribution in [0.2, 0.25) is 5.02 Å². The number of nitrogens with one attached hydrogen (secondary N) is 1. The second-order valence-corrected chi connectivity index (χ2v) is 8.49. The van der Waals surface area contributed by atoms with Gasteiger partial charge in [-0.3, -0.25) is 4.79 Å². The zero-order chi connectivity index (χ0) is 17.4. The molecular formula is C20H27ClN2O2. The lowest BCUT2D eigenvalue weighted by atomic mass is 9.74. The van der Waals surface area contributed by atoms with Gasteiger partial charge in [-0.2, -0.15) is 0 Å². The Morgan fingerprint density at radius 2 is 1.88 bits per heavy atom. The van der Waals surface area contributed by atoms with E-state index in [4.69, 9.17) is 22.1 Å². The Hall–Kier alpha value is -1.10. The zero-order valence-electron chi connectivity index (χ0n) is 14.5. The number of hydrogen-bond acceptors (Lipinski definition) is 3. The SMILES string of the molecule is NC1C2CCC(C2)C1C(=O)NCC1(c2ccc(Cl)cc2)CCOCC1. The number of benzene rings is 1. The third kappa shape index (κ3) is 3.20. The number of fused-ring (bicyclic) bond motifs is 2. The summed E-state index contributed by atoms with van der Waals surface area (Å²) in [5, 5.41) is 3.99. The molecule has 2 bridgehead atoms. The molecule has 25 heavy (non-hydrogen) atoms. The number of carbonyl (C=O) groups is 1. The van der Waals surface area contributed by atoms with Gasteiger partial charge in [0.1, 0.15) is 0 Å². The quantitative estimate of drug-likeness (QED) is 0.865. The van der Waals surface area contributed by atoms with Crippen LogP contribution in [-0.2, 0) is 14.9 Å². The van der Waals surface area contributed by atoms with Crippen LogP contribution in [0.5, 0.6) is 0 Å². The highest BCUT2D eigenvalue weighted by Gasteiger charge is 2.49. The fourth-order valence-corrected chi connectivity index (χ4v) is 5.36. The first-order chi connectivity index (χ1) is 12.1. The summed E-state index contributed by atoms with van der Waals surface area (Å²) in [5.74, 6) is 1.19. The summed E-state index contributed by atoms with van der Waals surface area (Å²) in [6.07, 6.45) is 5.32. The van der Waals surface area contributed by atoms with Crippen molar-refractivity contribution in [2.24, 2.45) is 23.5 Å². The molecule has 1 heterocycles. The number of rotatable bonds is 4. The molecule has 1 aromatic carbocycles. The zero-order valence-corrected chi connectivity index (χ0v) is 15.3. The van der Waals surface area contributed by atoms with Crippen LogP contribution in [0.25, 0.3) is 0 Å². The lowest BCUT2D eigenvalue weighted by Gasteiger charge is -2.38. The minimum absolute atomic E-state index is 0.000795. The predicted molar refractivity (Wildman–Crippen MR) is 98.5 cm³/mol. The van der Waals surface area contributed by atoms with Crippen LogP contribution in [0.15, 0.2) is 24.3 Å². The molecule has 3 N–H and O–H groups in total. The molecule has 1 aromatic rings. The molecular weight excluding hydrogens is 336 g/mol. The van der Waals surface area contributed by atoms with E-state index in [1.54, 1.807) is 0 Å². The van der Waals surface area contributed by atoms with Crippen molar-refractivity contribution in [3.63, 3.8) is 0 Å². The first-order valence-corrected chi connectivity index (χ1v) is 9.84. The number of ether oxygens (including phenoxy) is 1. The number of hydrogen-bond donors (Lipinski definition) is 2. The van der Waals surface area contributed by atoms with Crippen LogP contribution in [0.1, 0.15) is 37.7 Å². The Bertz CT molecular complexity index is 625. The molecule has 0 spiro atoms. The van der Waals surface area contributed by atoms with E-state index in [-0.39, 0.29) is 23.3 Å². The molecule has 3 fully saturated rings. The van der Waals surface area contributed by atoms with Crippen molar-refractivity contribution >= 4 is 17.5 Å². The van der Waals surface area contributed by atoms with Gasteiger partial charge in [0.2, 0.25) is 5.91 Å². The molecule has 2 aliphatic carbocycles. The van der Waals surface area contributed by atoms with Crippen molar-refractivity contribution in [3.05, 3.63) is 34.9 Å². The van der Waals surface area contributed by atoms with Crippen LogP contribution in [-0.4, -0.2) is 31.7 Å². The van der Waals surface area contributed by atoms with Gasteiger partial charge in [-0.25, -0.2) is 0 Å². The van der Waals surface area contributed by atoms with Crippen molar-refractivity contribution in [2.75, 3.05) is 19.8 Å². The molecule has 1 saturated heterocycles. The van der Waals surface area contributed by atoms with Crippen LogP contribution in [0, 0.1) is 17.8 Å². The molecule has 0 radical (unpaired) electrons. The van der Waals surface area contributed by atoms with E-state index in [0.717, 1.165) is 43.9 Å². The average molecular weight is 363 g/mol. The monoisotopic (exact) mass is 362 g/mol. The molecule has 4 atom stereocenters. The maximum absolute atomic E-state index is 12.9. The van der Waals surface area contributed by atoms with E-state index >= 15 is 0 Å². The molecule has 4 unspecified atom stereocenters. The Kier molecular flexibility index (Phi) is 4.78. The molecule has 1 aliphatic heterocycles. The van der Waals surface area contributed by atoms with Crippen molar-refractivity contribution in [1.82, 2.24) is 5.32 Å². The van der Waals surface area contributed by atoms with E-state index in [0.29, 0.717) is 18.4 Å². The Balaban J connectivity index is 1.48. The van der Waals surface area contributed by atoms with Gasteiger partial charge in [0, 0.05) is 36.2 Å². The van der Waals surface area contributed by atoms with Gasteiger partial charge in [0.05, 0.1) is 5.92 Å². The molecule has 4 rings (SSSR count).